The molecule has 3 amide bonds. The second-order valence-electron chi connectivity index (χ2n) is 20.7. The molecule has 6 aliphatic rings. The van der Waals surface area contributed by atoms with E-state index in [1.165, 1.54) is 30.0 Å². The Morgan fingerprint density at radius 1 is 0.694 bits per heavy atom. The Hall–Kier alpha value is -2.73. The van der Waals surface area contributed by atoms with E-state index in [1.807, 2.05) is 69.2 Å². The van der Waals surface area contributed by atoms with Gasteiger partial charge in [-0.3, -0.25) is 4.79 Å². The zero-order valence-electron chi connectivity index (χ0n) is 40.1. The molecule has 0 aliphatic carbocycles. The minimum Gasteiger partial charge on any atom is -0.444 e. The van der Waals surface area contributed by atoms with Crippen LogP contribution in [-0.4, -0.2) is 166 Å². The van der Waals surface area contributed by atoms with E-state index in [9.17, 15) is 29.4 Å². The molecule has 17 heteroatoms. The highest BCUT2D eigenvalue weighted by molar-refractivity contribution is 5.87. The van der Waals surface area contributed by atoms with Gasteiger partial charge in [-0.2, -0.15) is 0 Å². The van der Waals surface area contributed by atoms with Crippen LogP contribution in [0.15, 0.2) is 11.6 Å². The van der Waals surface area contributed by atoms with Gasteiger partial charge in [-0.25, -0.2) is 14.4 Å². The number of hydrogen-bond acceptors (Lipinski definition) is 13. The van der Waals surface area contributed by atoms with Crippen LogP contribution < -0.4 is 16.0 Å². The van der Waals surface area contributed by atoms with Crippen LogP contribution >= 0.6 is 12.4 Å². The van der Waals surface area contributed by atoms with Crippen LogP contribution in [0.2, 0.25) is 0 Å². The third-order valence-corrected chi connectivity index (χ3v) is 9.54. The van der Waals surface area contributed by atoms with Crippen molar-refractivity contribution in [3.63, 3.8) is 0 Å². The molecule has 6 aliphatic heterocycles. The SMILES string of the molecule is C.CC(C)(C)OC(=O)N1CCC(=O)C1.CC1(O)CCN(C(=O)OC(C)(C)C)C1.CC1(O)CCN(C(=O)OC(C)(C)C)C1.CC1(O)CCNC1.CC1=CCNC1.CC1CCNC1.Cl. The Labute approximate surface area is 381 Å². The fraction of sp³-hybridized carbons (Fsp3) is 0.867. The summed E-state index contributed by atoms with van der Waals surface area (Å²) in [6, 6.07) is 0. The summed E-state index contributed by atoms with van der Waals surface area (Å²) in [7, 11) is 0. The highest BCUT2D eigenvalue weighted by Gasteiger charge is 2.37. The zero-order chi connectivity index (χ0) is 46.2. The fourth-order valence-electron chi connectivity index (χ4n) is 6.16. The summed E-state index contributed by atoms with van der Waals surface area (Å²) in [5, 5.41) is 38.0. The summed E-state index contributed by atoms with van der Waals surface area (Å²) in [5.41, 5.74) is -1.87. The molecule has 0 saturated carbocycles. The molecule has 366 valence electrons. The fourth-order valence-corrected chi connectivity index (χ4v) is 6.16. The van der Waals surface area contributed by atoms with Gasteiger partial charge in [-0.05, 0) is 141 Å². The van der Waals surface area contributed by atoms with E-state index in [4.69, 9.17) is 19.3 Å². The normalized spacial score (nSPS) is 26.5. The maximum absolute atomic E-state index is 11.5. The van der Waals surface area contributed by atoms with Gasteiger partial charge in [0, 0.05) is 45.7 Å². The lowest BCUT2D eigenvalue weighted by Crippen LogP contribution is -2.37. The number of ketones is 1. The molecule has 0 aromatic rings. The number of Topliss-reactive ketones (excluding diaryl/α,β-unsaturated/α-hetero) is 1. The van der Waals surface area contributed by atoms with Crippen molar-refractivity contribution in [2.45, 2.75) is 170 Å². The second-order valence-corrected chi connectivity index (χ2v) is 20.7. The Kier molecular flexibility index (Phi) is 26.6. The van der Waals surface area contributed by atoms with E-state index in [0.29, 0.717) is 52.0 Å². The van der Waals surface area contributed by atoms with Crippen molar-refractivity contribution in [1.29, 1.82) is 0 Å². The van der Waals surface area contributed by atoms with E-state index in [1.54, 1.807) is 23.6 Å². The quantitative estimate of drug-likeness (QED) is 0.124. The predicted octanol–water partition coefficient (Wildman–Crippen LogP) is 5.89. The molecular weight excluding hydrogens is 820 g/mol. The number of halogens is 1. The summed E-state index contributed by atoms with van der Waals surface area (Å²) >= 11 is 0. The summed E-state index contributed by atoms with van der Waals surface area (Å²) in [4.78, 5) is 49.8. The average Bonchev–Trinajstić information content (AvgIpc) is 3.93. The minimum absolute atomic E-state index is 0. The van der Waals surface area contributed by atoms with Crippen molar-refractivity contribution in [3.8, 4) is 0 Å². The molecule has 62 heavy (non-hydrogen) atoms. The molecule has 0 aromatic carbocycles. The number of hydrogen-bond donors (Lipinski definition) is 6. The van der Waals surface area contributed by atoms with Crippen LogP contribution in [-0.2, 0) is 19.0 Å². The molecule has 4 atom stereocenters. The van der Waals surface area contributed by atoms with Crippen LogP contribution in [0.5, 0.6) is 0 Å². The number of carbonyl (C=O) groups is 4. The first-order chi connectivity index (χ1) is 27.3. The number of amides is 3. The minimum atomic E-state index is -0.753. The van der Waals surface area contributed by atoms with Crippen molar-refractivity contribution >= 4 is 36.5 Å². The predicted molar refractivity (Wildman–Crippen MR) is 249 cm³/mol. The smallest absolute Gasteiger partial charge is 0.410 e. The topological polar surface area (TPSA) is 202 Å². The second kappa shape index (κ2) is 26.9. The van der Waals surface area contributed by atoms with Gasteiger partial charge in [-0.1, -0.05) is 26.0 Å². The molecular formula is C45H89ClN6O10. The monoisotopic (exact) mass is 909 g/mol. The van der Waals surface area contributed by atoms with Crippen LogP contribution in [0.3, 0.4) is 0 Å². The van der Waals surface area contributed by atoms with Crippen LogP contribution in [0.1, 0.15) is 136 Å². The molecule has 0 spiro atoms. The number of aliphatic hydroxyl groups is 3. The Bertz CT molecular complexity index is 1320. The first kappa shape index (κ1) is 61.4. The Morgan fingerprint density at radius 3 is 1.34 bits per heavy atom. The van der Waals surface area contributed by atoms with Crippen LogP contribution in [0, 0.1) is 5.92 Å². The Balaban J connectivity index is 0. The van der Waals surface area contributed by atoms with Crippen molar-refractivity contribution in [1.82, 2.24) is 30.7 Å². The summed E-state index contributed by atoms with van der Waals surface area (Å²) in [6.45, 7) is 35.1. The lowest BCUT2D eigenvalue weighted by atomic mass is 10.1. The van der Waals surface area contributed by atoms with Gasteiger partial charge in [0.15, 0.2) is 5.78 Å². The molecule has 6 heterocycles. The van der Waals surface area contributed by atoms with Gasteiger partial charge in [0.2, 0.25) is 0 Å². The molecule has 4 unspecified atom stereocenters. The third-order valence-electron chi connectivity index (χ3n) is 9.54. The molecule has 5 saturated heterocycles. The largest absolute Gasteiger partial charge is 0.444 e. The van der Waals surface area contributed by atoms with Gasteiger partial charge in [0.05, 0.1) is 36.4 Å². The number of nitrogens with one attached hydrogen (secondary N) is 3. The maximum atomic E-state index is 11.5. The molecule has 0 aromatic heterocycles. The number of likely N-dealkylation sites (tertiary alicyclic amines) is 3. The number of β-amino-alcohol motifs (C(OH)–C–C–N with tert-alkyl or cyclic N) is 3. The first-order valence-corrected chi connectivity index (χ1v) is 21.7. The molecule has 0 bridgehead atoms. The van der Waals surface area contributed by atoms with E-state index < -0.39 is 39.7 Å². The van der Waals surface area contributed by atoms with Crippen molar-refractivity contribution < 1.29 is 48.7 Å². The first-order valence-electron chi connectivity index (χ1n) is 21.7. The molecule has 6 N–H and O–H groups in total. The lowest BCUT2D eigenvalue weighted by Gasteiger charge is -2.25. The van der Waals surface area contributed by atoms with Crippen LogP contribution in [0.25, 0.3) is 0 Å². The van der Waals surface area contributed by atoms with Crippen molar-refractivity contribution in [2.24, 2.45) is 5.92 Å². The highest BCUT2D eigenvalue weighted by atomic mass is 35.5. The molecule has 16 nitrogen and oxygen atoms in total. The zero-order valence-corrected chi connectivity index (χ0v) is 40.9. The van der Waals surface area contributed by atoms with Crippen molar-refractivity contribution in [3.05, 3.63) is 11.6 Å². The van der Waals surface area contributed by atoms with Gasteiger partial charge in [-0.15, -0.1) is 12.4 Å². The Morgan fingerprint density at radius 2 is 1.15 bits per heavy atom. The molecule has 0 radical (unpaired) electrons. The van der Waals surface area contributed by atoms with E-state index in [0.717, 1.165) is 38.5 Å². The number of carbonyl (C=O) groups excluding carboxylic acids is 4. The third kappa shape index (κ3) is 29.6. The number of rotatable bonds is 0. The lowest BCUT2D eigenvalue weighted by molar-refractivity contribution is -0.117. The number of nitrogens with zero attached hydrogens (tertiary/aromatic N) is 3. The average molecular weight is 910 g/mol. The van der Waals surface area contributed by atoms with E-state index >= 15 is 0 Å². The highest BCUT2D eigenvalue weighted by Crippen LogP contribution is 2.23. The van der Waals surface area contributed by atoms with Gasteiger partial charge in [0.1, 0.15) is 16.8 Å². The van der Waals surface area contributed by atoms with Gasteiger partial charge >= 0.3 is 18.3 Å². The van der Waals surface area contributed by atoms with Crippen LogP contribution in [0.4, 0.5) is 14.4 Å². The van der Waals surface area contributed by atoms with Gasteiger partial charge < -0.3 is 60.2 Å². The van der Waals surface area contributed by atoms with E-state index in [-0.39, 0.29) is 44.3 Å². The number of ether oxygens (including phenoxy) is 3. The summed E-state index contributed by atoms with van der Waals surface area (Å²) in [6.07, 6.45) is 5.11. The summed E-state index contributed by atoms with van der Waals surface area (Å²) in [5.74, 6) is 1.04. The standard InChI is InChI=1S/2C10H19NO3.C9H15NO3.C5H11NO.C5H11N.C5H9N.CH4.ClH/c2*1-9(2,3)14-8(12)11-6-5-10(4,13)7-11;1-9(2,3)13-8(12)10-5-4-7(11)6-10;1-5(7)2-3-6-4-5;2*1-5-2-3-6-4-5;;/h2*13H,5-7H2,1-4H3;4-6H2,1-3H3;6-7H,2-4H2,1H3;5-6H,2-4H2,1H3;2,6H,3-4H2,1H3;1H4;1H. The van der Waals surface area contributed by atoms with Crippen molar-refractivity contribution in [2.75, 3.05) is 78.5 Å². The van der Waals surface area contributed by atoms with Gasteiger partial charge in [0.25, 0.3) is 0 Å². The maximum Gasteiger partial charge on any atom is 0.410 e. The van der Waals surface area contributed by atoms with E-state index in [2.05, 4.69) is 35.9 Å². The summed E-state index contributed by atoms with van der Waals surface area (Å²) < 4.78 is 15.5. The molecule has 6 rings (SSSR count). The molecule has 5 fully saturated rings.